The van der Waals surface area contributed by atoms with E-state index in [0.717, 1.165) is 0 Å². The molecule has 0 N–H and O–H groups in total. The summed E-state index contributed by atoms with van der Waals surface area (Å²) in [7, 11) is 0. The molecule has 0 aliphatic heterocycles. The van der Waals surface area contributed by atoms with Crippen molar-refractivity contribution in [1.82, 2.24) is 0 Å². The van der Waals surface area contributed by atoms with Crippen molar-refractivity contribution in [3.05, 3.63) is 117 Å². The lowest BCUT2D eigenvalue weighted by Gasteiger charge is -2.52. The zero-order valence-electron chi connectivity index (χ0n) is 17.6. The van der Waals surface area contributed by atoms with Gasteiger partial charge in [-0.1, -0.05) is 106 Å². The van der Waals surface area contributed by atoms with Crippen LogP contribution in [0, 0.1) is 11.8 Å². The summed E-state index contributed by atoms with van der Waals surface area (Å²) in [5.41, 5.74) is 9.65. The first kappa shape index (κ1) is 18.8. The summed E-state index contributed by atoms with van der Waals surface area (Å²) in [4.78, 5) is 1.22. The molecule has 1 heteroatoms. The first-order valence-electron chi connectivity index (χ1n) is 10.7. The van der Waals surface area contributed by atoms with Gasteiger partial charge in [0.25, 0.3) is 0 Å². The van der Waals surface area contributed by atoms with Crippen molar-refractivity contribution in [2.24, 2.45) is 11.8 Å². The maximum absolute atomic E-state index is 5.39. The van der Waals surface area contributed by atoms with Crippen LogP contribution in [-0.2, 0) is 5.41 Å². The molecule has 0 nitrogen and oxygen atoms in total. The van der Waals surface area contributed by atoms with Crippen LogP contribution in [0.1, 0.15) is 67.0 Å². The molecule has 0 aromatic heterocycles. The van der Waals surface area contributed by atoms with E-state index in [4.69, 9.17) is 12.6 Å². The molecule has 6 rings (SSSR count). The lowest BCUT2D eigenvalue weighted by atomic mass is 9.52. The van der Waals surface area contributed by atoms with E-state index < -0.39 is 0 Å². The Morgan fingerprint density at radius 2 is 1.00 bits per heavy atom. The summed E-state index contributed by atoms with van der Waals surface area (Å²) in [6, 6.07) is 27.1. The lowest BCUT2D eigenvalue weighted by Crippen LogP contribution is -2.43. The van der Waals surface area contributed by atoms with E-state index in [1.807, 2.05) is 0 Å². The van der Waals surface area contributed by atoms with Gasteiger partial charge in [0.2, 0.25) is 0 Å². The van der Waals surface area contributed by atoms with Crippen LogP contribution in [0.4, 0.5) is 0 Å². The van der Waals surface area contributed by atoms with Crippen molar-refractivity contribution in [2.75, 3.05) is 0 Å². The van der Waals surface area contributed by atoms with Gasteiger partial charge in [-0.3, -0.25) is 0 Å². The normalized spacial score (nSPS) is 21.0. The van der Waals surface area contributed by atoms with Crippen LogP contribution in [0.2, 0.25) is 0 Å². The zero-order chi connectivity index (χ0) is 20.3. The number of allylic oxidation sites excluding steroid dienone is 2. The number of hydrogen-bond acceptors (Lipinski definition) is 1. The average Bonchev–Trinajstić information content (AvgIpc) is 2.72. The molecule has 0 fully saturated rings. The molecule has 0 unspecified atom stereocenters. The monoisotopic (exact) mass is 396 g/mol. The van der Waals surface area contributed by atoms with Crippen LogP contribution < -0.4 is 0 Å². The average molecular weight is 397 g/mol. The summed E-state index contributed by atoms with van der Waals surface area (Å²) >= 11 is 5.39. The maximum atomic E-state index is 5.39. The molecule has 3 aliphatic carbocycles. The molecular formula is C28H28S. The highest BCUT2D eigenvalue weighted by Crippen LogP contribution is 2.63. The number of hydrogen-bond donors (Lipinski definition) is 1. The topological polar surface area (TPSA) is 0 Å². The minimum Gasteiger partial charge on any atom is -0.146 e. The molecular weight excluding hydrogens is 368 g/mol. The van der Waals surface area contributed by atoms with Gasteiger partial charge in [-0.25, -0.2) is 0 Å². The maximum Gasteiger partial charge on any atom is 0.0766 e. The van der Waals surface area contributed by atoms with Gasteiger partial charge >= 0.3 is 0 Å². The Kier molecular flexibility index (Phi) is 4.29. The van der Waals surface area contributed by atoms with Gasteiger partial charge in [0, 0.05) is 10.8 Å². The number of thiol groups is 1. The largest absolute Gasteiger partial charge is 0.146 e. The van der Waals surface area contributed by atoms with Crippen LogP contribution in [0.25, 0.3) is 0 Å². The van der Waals surface area contributed by atoms with E-state index in [0.29, 0.717) is 17.8 Å². The molecule has 29 heavy (non-hydrogen) atoms. The third-order valence-corrected chi connectivity index (χ3v) is 7.49. The van der Waals surface area contributed by atoms with Crippen LogP contribution in [0.15, 0.2) is 83.3 Å². The van der Waals surface area contributed by atoms with Crippen LogP contribution in [-0.4, -0.2) is 0 Å². The molecule has 0 atom stereocenters. The fraction of sp³-hybridized carbons (Fsp3) is 0.286. The quantitative estimate of drug-likeness (QED) is 0.440. The molecule has 0 saturated carbocycles. The second kappa shape index (κ2) is 6.64. The first-order chi connectivity index (χ1) is 14.0. The smallest absolute Gasteiger partial charge is 0.0766 e. The summed E-state index contributed by atoms with van der Waals surface area (Å²) in [6.07, 6.45) is 0. The Balaban J connectivity index is 2.01. The molecule has 146 valence electrons. The first-order valence-corrected chi connectivity index (χ1v) is 11.2. The van der Waals surface area contributed by atoms with Gasteiger partial charge in [-0.05, 0) is 45.2 Å². The third kappa shape index (κ3) is 2.34. The minimum absolute atomic E-state index is 0.308. The Morgan fingerprint density at radius 3 is 1.34 bits per heavy atom. The van der Waals surface area contributed by atoms with E-state index in [2.05, 4.69) is 100 Å². The highest BCUT2D eigenvalue weighted by molar-refractivity contribution is 7.84. The van der Waals surface area contributed by atoms with Gasteiger partial charge in [-0.15, -0.1) is 12.6 Å². The van der Waals surface area contributed by atoms with Gasteiger partial charge in [-0.2, -0.15) is 0 Å². The van der Waals surface area contributed by atoms with E-state index in [1.165, 1.54) is 43.9 Å². The van der Waals surface area contributed by atoms with Crippen molar-refractivity contribution in [2.45, 2.75) is 39.0 Å². The molecule has 0 amide bonds. The SMILES string of the molecule is CC(C)C(=C(S)C12c3ccccc3C(c3ccccc31)c1ccccc12)C(C)C. The van der Waals surface area contributed by atoms with Crippen LogP contribution >= 0.6 is 12.6 Å². The predicted molar refractivity (Wildman–Crippen MR) is 126 cm³/mol. The highest BCUT2D eigenvalue weighted by Gasteiger charge is 2.53. The van der Waals surface area contributed by atoms with Crippen LogP contribution in [0.5, 0.6) is 0 Å². The molecule has 0 spiro atoms. The molecule has 2 bridgehead atoms. The van der Waals surface area contributed by atoms with Gasteiger partial charge < -0.3 is 0 Å². The second-order valence-electron chi connectivity index (χ2n) is 9.06. The van der Waals surface area contributed by atoms with Crippen molar-refractivity contribution in [3.63, 3.8) is 0 Å². The lowest BCUT2D eigenvalue weighted by molar-refractivity contribution is 0.578. The van der Waals surface area contributed by atoms with Gasteiger partial charge in [0.1, 0.15) is 0 Å². The van der Waals surface area contributed by atoms with Gasteiger partial charge in [0.15, 0.2) is 0 Å². The van der Waals surface area contributed by atoms with E-state index in [-0.39, 0.29) is 5.41 Å². The second-order valence-corrected chi connectivity index (χ2v) is 9.51. The van der Waals surface area contributed by atoms with Crippen LogP contribution in [0.3, 0.4) is 0 Å². The van der Waals surface area contributed by atoms with Crippen molar-refractivity contribution >= 4 is 12.6 Å². The van der Waals surface area contributed by atoms with Crippen molar-refractivity contribution in [1.29, 1.82) is 0 Å². The molecule has 0 saturated heterocycles. The Bertz CT molecular complexity index is 1010. The highest BCUT2D eigenvalue weighted by atomic mass is 32.1. The summed E-state index contributed by atoms with van der Waals surface area (Å²) in [5, 5.41) is 0. The zero-order valence-corrected chi connectivity index (χ0v) is 18.5. The van der Waals surface area contributed by atoms with E-state index >= 15 is 0 Å². The standard InChI is InChI=1S/C28H28S/c1-17(2)25(18(3)4)27(29)28-22-14-8-5-11-19(22)26(20-12-6-9-15-23(20)28)21-13-7-10-16-24(21)28/h5-18,26,29H,1-4H3. The fourth-order valence-corrected chi connectivity index (χ4v) is 6.90. The third-order valence-electron chi connectivity index (χ3n) is 6.90. The molecule has 0 heterocycles. The van der Waals surface area contributed by atoms with Crippen molar-refractivity contribution < 1.29 is 0 Å². The Hall–Kier alpha value is -2.25. The Morgan fingerprint density at radius 1 is 0.655 bits per heavy atom. The summed E-state index contributed by atoms with van der Waals surface area (Å²) < 4.78 is 0. The molecule has 3 aromatic rings. The van der Waals surface area contributed by atoms with E-state index in [9.17, 15) is 0 Å². The molecule has 3 aliphatic rings. The summed E-state index contributed by atoms with van der Waals surface area (Å²) in [5.74, 6) is 1.20. The van der Waals surface area contributed by atoms with Gasteiger partial charge in [0.05, 0.1) is 5.41 Å². The fourth-order valence-electron chi connectivity index (χ4n) is 6.02. The van der Waals surface area contributed by atoms with Crippen molar-refractivity contribution in [3.8, 4) is 0 Å². The molecule has 3 aromatic carbocycles. The number of rotatable bonds is 3. The summed E-state index contributed by atoms with van der Waals surface area (Å²) in [6.45, 7) is 9.22. The van der Waals surface area contributed by atoms with E-state index in [1.54, 1.807) is 0 Å². The number of benzene rings is 3. The minimum atomic E-state index is -0.328. The Labute approximate surface area is 180 Å². The predicted octanol–water partition coefficient (Wildman–Crippen LogP) is 7.32. The molecule has 0 radical (unpaired) electrons.